The average Bonchev–Trinajstić information content (AvgIpc) is 3.43. The van der Waals surface area contributed by atoms with Crippen LogP contribution in [0.25, 0.3) is 81.7 Å². The molecule has 214 valence electrons. The summed E-state index contributed by atoms with van der Waals surface area (Å²) in [6.45, 7) is 4.47. The molecule has 0 amide bonds. The number of aromatic nitrogens is 1. The number of hydrogen-bond donors (Lipinski definition) is 0. The Hall–Kier alpha value is -5.40. The van der Waals surface area contributed by atoms with E-state index in [1.807, 2.05) is 0 Å². The van der Waals surface area contributed by atoms with Crippen molar-refractivity contribution in [2.24, 2.45) is 0 Å². The van der Waals surface area contributed by atoms with Crippen LogP contribution in [0.15, 0.2) is 140 Å². The van der Waals surface area contributed by atoms with Crippen LogP contribution >= 0.6 is 0 Å². The van der Waals surface area contributed by atoms with Gasteiger partial charge in [0, 0.05) is 16.5 Å². The maximum Gasteiger partial charge on any atom is 0.0541 e. The van der Waals surface area contributed by atoms with E-state index in [1.165, 1.54) is 92.8 Å². The van der Waals surface area contributed by atoms with Crippen LogP contribution in [0.2, 0.25) is 0 Å². The molecule has 0 saturated heterocycles. The zero-order chi connectivity index (χ0) is 30.1. The maximum atomic E-state index is 2.44. The van der Waals surface area contributed by atoms with Crippen molar-refractivity contribution in [3.05, 3.63) is 151 Å². The average molecular weight is 576 g/mol. The normalized spacial score (nSPS) is 12.0. The smallest absolute Gasteiger partial charge is 0.0541 e. The van der Waals surface area contributed by atoms with E-state index in [2.05, 4.69) is 158 Å². The summed E-state index contributed by atoms with van der Waals surface area (Å²) in [6, 6.07) is 52.3. The molecule has 0 saturated carbocycles. The zero-order valence-electron chi connectivity index (χ0n) is 25.6. The number of benzene rings is 8. The lowest BCUT2D eigenvalue weighted by Crippen LogP contribution is -1.95. The van der Waals surface area contributed by atoms with Crippen LogP contribution < -0.4 is 0 Å². The van der Waals surface area contributed by atoms with Gasteiger partial charge < -0.3 is 4.57 Å². The van der Waals surface area contributed by atoms with Crippen molar-refractivity contribution >= 4 is 64.9 Å². The highest BCUT2D eigenvalue weighted by molar-refractivity contribution is 6.32. The van der Waals surface area contributed by atoms with E-state index < -0.39 is 0 Å². The lowest BCUT2D eigenvalue weighted by atomic mass is 9.86. The van der Waals surface area contributed by atoms with Gasteiger partial charge in [0.25, 0.3) is 0 Å². The summed E-state index contributed by atoms with van der Waals surface area (Å²) in [4.78, 5) is 0. The fraction of sp³-hybridized carbons (Fsp3) is 0.0909. The van der Waals surface area contributed by atoms with Crippen molar-refractivity contribution in [2.75, 3.05) is 0 Å². The van der Waals surface area contributed by atoms with Crippen LogP contribution in [0, 0.1) is 0 Å². The molecule has 0 aliphatic carbocycles. The van der Waals surface area contributed by atoms with Gasteiger partial charge in [0.15, 0.2) is 0 Å². The molecule has 0 bridgehead atoms. The highest BCUT2D eigenvalue weighted by Gasteiger charge is 2.18. The number of fused-ring (bicyclic) bond motifs is 10. The second-order valence-corrected chi connectivity index (χ2v) is 12.3. The topological polar surface area (TPSA) is 4.93 Å². The molecular weight excluding hydrogens is 542 g/mol. The van der Waals surface area contributed by atoms with Gasteiger partial charge in [0.2, 0.25) is 0 Å². The minimum Gasteiger partial charge on any atom is -0.309 e. The van der Waals surface area contributed by atoms with Gasteiger partial charge in [0.05, 0.1) is 11.0 Å². The van der Waals surface area contributed by atoms with Crippen LogP contribution in [0.4, 0.5) is 0 Å². The van der Waals surface area contributed by atoms with Crippen LogP contribution in [-0.4, -0.2) is 4.57 Å². The highest BCUT2D eigenvalue weighted by Crippen LogP contribution is 2.44. The van der Waals surface area contributed by atoms with Gasteiger partial charge in [0.1, 0.15) is 0 Å². The van der Waals surface area contributed by atoms with Crippen LogP contribution in [-0.2, 0) is 12.8 Å². The predicted molar refractivity (Wildman–Crippen MR) is 195 cm³/mol. The highest BCUT2D eigenvalue weighted by atomic mass is 15.0. The van der Waals surface area contributed by atoms with E-state index in [1.54, 1.807) is 0 Å². The molecule has 0 spiro atoms. The molecule has 1 heteroatoms. The number of nitrogens with zero attached hydrogens (tertiary/aromatic N) is 1. The first-order chi connectivity index (χ1) is 22.2. The van der Waals surface area contributed by atoms with Gasteiger partial charge in [-0.05, 0) is 121 Å². The Morgan fingerprint density at radius 3 is 1.53 bits per heavy atom. The molecule has 8 aromatic carbocycles. The first-order valence-corrected chi connectivity index (χ1v) is 16.1. The van der Waals surface area contributed by atoms with Gasteiger partial charge in [-0.15, -0.1) is 0 Å². The van der Waals surface area contributed by atoms with Crippen molar-refractivity contribution in [1.29, 1.82) is 0 Å². The Labute approximate surface area is 263 Å². The van der Waals surface area contributed by atoms with E-state index >= 15 is 0 Å². The van der Waals surface area contributed by atoms with Crippen LogP contribution in [0.3, 0.4) is 0 Å². The Morgan fingerprint density at radius 1 is 0.422 bits per heavy atom. The quantitative estimate of drug-likeness (QED) is 0.145. The summed E-state index contributed by atoms with van der Waals surface area (Å²) in [6.07, 6.45) is 2.07. The fourth-order valence-corrected chi connectivity index (χ4v) is 7.64. The molecule has 9 aromatic rings. The lowest BCUT2D eigenvalue weighted by molar-refractivity contribution is 1.13. The molecule has 1 aromatic heterocycles. The monoisotopic (exact) mass is 575 g/mol. The second-order valence-electron chi connectivity index (χ2n) is 12.3. The molecule has 0 aliphatic heterocycles. The molecular formula is C44H33N. The van der Waals surface area contributed by atoms with Gasteiger partial charge in [-0.25, -0.2) is 0 Å². The third kappa shape index (κ3) is 3.87. The van der Waals surface area contributed by atoms with E-state index in [4.69, 9.17) is 0 Å². The molecule has 0 aliphatic rings. The van der Waals surface area contributed by atoms with E-state index in [9.17, 15) is 0 Å². The maximum absolute atomic E-state index is 2.44. The van der Waals surface area contributed by atoms with Gasteiger partial charge in [-0.1, -0.05) is 111 Å². The predicted octanol–water partition coefficient (Wildman–Crippen LogP) is 12.2. The van der Waals surface area contributed by atoms with Gasteiger partial charge in [-0.2, -0.15) is 0 Å². The lowest BCUT2D eigenvalue weighted by Gasteiger charge is -2.18. The van der Waals surface area contributed by atoms with Crippen molar-refractivity contribution < 1.29 is 0 Å². The van der Waals surface area contributed by atoms with Gasteiger partial charge >= 0.3 is 0 Å². The summed E-state index contributed by atoms with van der Waals surface area (Å²) in [5.74, 6) is 0. The summed E-state index contributed by atoms with van der Waals surface area (Å²) in [5, 5.41) is 13.1. The fourth-order valence-electron chi connectivity index (χ4n) is 7.64. The Bertz CT molecular complexity index is 2540. The van der Waals surface area contributed by atoms with Crippen LogP contribution in [0.5, 0.6) is 0 Å². The van der Waals surface area contributed by atoms with Crippen molar-refractivity contribution in [3.63, 3.8) is 0 Å². The minimum absolute atomic E-state index is 1.04. The summed E-state index contributed by atoms with van der Waals surface area (Å²) < 4.78 is 2.44. The molecule has 1 nitrogen and oxygen atoms in total. The van der Waals surface area contributed by atoms with E-state index in [-0.39, 0.29) is 0 Å². The Kier molecular flexibility index (Phi) is 5.83. The first kappa shape index (κ1) is 26.0. The largest absolute Gasteiger partial charge is 0.309 e. The zero-order valence-corrected chi connectivity index (χ0v) is 25.6. The molecule has 0 radical (unpaired) electrons. The number of rotatable bonds is 4. The third-order valence-corrected chi connectivity index (χ3v) is 9.88. The summed E-state index contributed by atoms with van der Waals surface area (Å²) in [7, 11) is 0. The standard InChI is InChI=1S/C44H33N/c1-3-28-17-23-41-38(25-28)39-26-29(4-2)18-24-42(39)45(41)32-21-19-30(20-22-32)43-33-12-6-5-11-31(33)27-40-36-15-8-7-13-34(36)35-14-9-10-16-37(35)44(40)43/h5-27H,3-4H2,1-2H3. The van der Waals surface area contributed by atoms with E-state index in [0.29, 0.717) is 0 Å². The Morgan fingerprint density at radius 2 is 0.933 bits per heavy atom. The second kappa shape index (κ2) is 10.1. The van der Waals surface area contributed by atoms with Gasteiger partial charge in [-0.3, -0.25) is 0 Å². The third-order valence-electron chi connectivity index (χ3n) is 9.88. The molecule has 9 rings (SSSR count). The molecule has 0 fully saturated rings. The molecule has 0 N–H and O–H groups in total. The molecule has 0 unspecified atom stereocenters. The van der Waals surface area contributed by atoms with Crippen molar-refractivity contribution in [3.8, 4) is 16.8 Å². The van der Waals surface area contributed by atoms with Crippen molar-refractivity contribution in [2.45, 2.75) is 26.7 Å². The van der Waals surface area contributed by atoms with Crippen LogP contribution in [0.1, 0.15) is 25.0 Å². The first-order valence-electron chi connectivity index (χ1n) is 16.1. The van der Waals surface area contributed by atoms with E-state index in [0.717, 1.165) is 12.8 Å². The SMILES string of the molecule is CCc1ccc2c(c1)c1cc(CC)ccc1n2-c1ccc(-c2c3ccccc3cc3c4ccccc4c4ccccc4c23)cc1. The summed E-state index contributed by atoms with van der Waals surface area (Å²) in [5.41, 5.74) is 9.00. The van der Waals surface area contributed by atoms with Crippen molar-refractivity contribution in [1.82, 2.24) is 4.57 Å². The molecule has 0 atom stereocenters. The molecule has 45 heavy (non-hydrogen) atoms. The minimum atomic E-state index is 1.04. The summed E-state index contributed by atoms with van der Waals surface area (Å²) >= 11 is 0. The number of hydrogen-bond acceptors (Lipinski definition) is 0. The number of aryl methyl sites for hydroxylation is 2. The molecule has 1 heterocycles. The Balaban J connectivity index is 1.33.